The Hall–Kier alpha value is -3.16. The zero-order valence-electron chi connectivity index (χ0n) is 11.8. The van der Waals surface area contributed by atoms with Crippen molar-refractivity contribution in [1.29, 1.82) is 0 Å². The summed E-state index contributed by atoms with van der Waals surface area (Å²) in [6, 6.07) is 7.70. The molecular weight excluding hydrogens is 327 g/mol. The van der Waals surface area contributed by atoms with Gasteiger partial charge in [-0.05, 0) is 12.1 Å². The molecule has 1 aliphatic rings. The van der Waals surface area contributed by atoms with E-state index < -0.39 is 35.1 Å². The summed E-state index contributed by atoms with van der Waals surface area (Å²) in [5, 5.41) is 11.3. The molecule has 24 heavy (non-hydrogen) atoms. The first-order valence-electron chi connectivity index (χ1n) is 6.63. The number of carbonyl (C=O) groups excluding carboxylic acids is 3. The standard InChI is InChI=1S/C16H8F3NO4/c17-16(18,19)15(24)20-11-5-9-10(6-12(11)21)14(23)8-4-2-1-3-7(8)13(9)22/h1-6,21H,(H,20,24). The molecule has 1 amide bonds. The molecule has 1 aliphatic carbocycles. The van der Waals surface area contributed by atoms with E-state index in [-0.39, 0.29) is 22.3 Å². The number of aromatic hydroxyl groups is 1. The molecule has 8 heteroatoms. The van der Waals surface area contributed by atoms with Crippen LogP contribution in [0.25, 0.3) is 0 Å². The lowest BCUT2D eigenvalue weighted by atomic mass is 9.83. The van der Waals surface area contributed by atoms with Crippen molar-refractivity contribution in [1.82, 2.24) is 0 Å². The zero-order chi connectivity index (χ0) is 17.6. The van der Waals surface area contributed by atoms with Gasteiger partial charge in [0, 0.05) is 22.3 Å². The fourth-order valence-corrected chi connectivity index (χ4v) is 2.43. The van der Waals surface area contributed by atoms with E-state index in [1.165, 1.54) is 17.4 Å². The van der Waals surface area contributed by atoms with Gasteiger partial charge in [0.2, 0.25) is 0 Å². The summed E-state index contributed by atoms with van der Waals surface area (Å²) < 4.78 is 37.0. The van der Waals surface area contributed by atoms with Gasteiger partial charge in [0.25, 0.3) is 0 Å². The lowest BCUT2D eigenvalue weighted by molar-refractivity contribution is -0.167. The molecule has 0 atom stereocenters. The van der Waals surface area contributed by atoms with E-state index >= 15 is 0 Å². The third kappa shape index (κ3) is 2.41. The summed E-state index contributed by atoms with van der Waals surface area (Å²) >= 11 is 0. The van der Waals surface area contributed by atoms with Crippen LogP contribution < -0.4 is 5.32 Å². The van der Waals surface area contributed by atoms with Crippen LogP contribution in [0.4, 0.5) is 18.9 Å². The average molecular weight is 335 g/mol. The second-order valence-corrected chi connectivity index (χ2v) is 5.07. The minimum absolute atomic E-state index is 0.105. The second kappa shape index (κ2) is 5.19. The molecule has 0 saturated carbocycles. The monoisotopic (exact) mass is 335 g/mol. The average Bonchev–Trinajstić information content (AvgIpc) is 2.53. The Balaban J connectivity index is 2.09. The number of hydrogen-bond acceptors (Lipinski definition) is 4. The van der Waals surface area contributed by atoms with E-state index in [2.05, 4.69) is 0 Å². The Kier molecular flexibility index (Phi) is 3.40. The smallest absolute Gasteiger partial charge is 0.471 e. The summed E-state index contributed by atoms with van der Waals surface area (Å²) in [7, 11) is 0. The molecular formula is C16H8F3NO4. The Labute approximate surface area is 132 Å². The minimum atomic E-state index is -5.16. The van der Waals surface area contributed by atoms with Crippen molar-refractivity contribution in [3.05, 3.63) is 58.7 Å². The van der Waals surface area contributed by atoms with E-state index in [0.717, 1.165) is 12.1 Å². The Morgan fingerprint density at radius 3 is 1.92 bits per heavy atom. The van der Waals surface area contributed by atoms with Crippen molar-refractivity contribution < 1.29 is 32.7 Å². The van der Waals surface area contributed by atoms with Crippen LogP contribution in [0.15, 0.2) is 36.4 Å². The van der Waals surface area contributed by atoms with Crippen molar-refractivity contribution in [3.63, 3.8) is 0 Å². The van der Waals surface area contributed by atoms with Gasteiger partial charge in [-0.25, -0.2) is 0 Å². The van der Waals surface area contributed by atoms with E-state index in [4.69, 9.17) is 0 Å². The number of rotatable bonds is 1. The summed E-state index contributed by atoms with van der Waals surface area (Å²) in [4.78, 5) is 35.8. The molecule has 2 aromatic carbocycles. The first-order valence-corrected chi connectivity index (χ1v) is 6.63. The molecule has 3 rings (SSSR count). The Morgan fingerprint density at radius 1 is 0.917 bits per heavy atom. The fraction of sp³-hybridized carbons (Fsp3) is 0.0625. The number of fused-ring (bicyclic) bond motifs is 2. The van der Waals surface area contributed by atoms with Gasteiger partial charge < -0.3 is 10.4 Å². The number of amides is 1. The highest BCUT2D eigenvalue weighted by Gasteiger charge is 2.39. The number of hydrogen-bond donors (Lipinski definition) is 2. The maximum absolute atomic E-state index is 12.4. The zero-order valence-corrected chi connectivity index (χ0v) is 11.8. The van der Waals surface area contributed by atoms with Crippen LogP contribution in [-0.2, 0) is 4.79 Å². The topological polar surface area (TPSA) is 83.5 Å². The van der Waals surface area contributed by atoms with Gasteiger partial charge in [0.05, 0.1) is 5.69 Å². The molecule has 0 radical (unpaired) electrons. The quantitative estimate of drug-likeness (QED) is 0.670. The Bertz CT molecular complexity index is 903. The molecule has 122 valence electrons. The number of anilines is 1. The van der Waals surface area contributed by atoms with E-state index in [1.807, 2.05) is 0 Å². The highest BCUT2D eigenvalue weighted by atomic mass is 19.4. The van der Waals surface area contributed by atoms with Gasteiger partial charge in [-0.2, -0.15) is 13.2 Å². The van der Waals surface area contributed by atoms with Gasteiger partial charge in [0.15, 0.2) is 11.6 Å². The van der Waals surface area contributed by atoms with Crippen LogP contribution >= 0.6 is 0 Å². The number of benzene rings is 2. The largest absolute Gasteiger partial charge is 0.506 e. The van der Waals surface area contributed by atoms with Crippen LogP contribution in [0.1, 0.15) is 31.8 Å². The third-order valence-corrected chi connectivity index (χ3v) is 3.55. The molecule has 2 N–H and O–H groups in total. The summed E-state index contributed by atoms with van der Waals surface area (Å²) in [6.45, 7) is 0. The normalized spacial score (nSPS) is 13.3. The molecule has 0 unspecified atom stereocenters. The first kappa shape index (κ1) is 15.7. The number of phenols is 1. The van der Waals surface area contributed by atoms with Gasteiger partial charge in [-0.3, -0.25) is 14.4 Å². The van der Waals surface area contributed by atoms with Crippen LogP contribution in [0.5, 0.6) is 5.75 Å². The molecule has 0 saturated heterocycles. The van der Waals surface area contributed by atoms with Crippen molar-refractivity contribution in [2.24, 2.45) is 0 Å². The van der Waals surface area contributed by atoms with Gasteiger partial charge in [-0.1, -0.05) is 24.3 Å². The molecule has 0 heterocycles. The number of halogens is 3. The van der Waals surface area contributed by atoms with Crippen LogP contribution in [0.3, 0.4) is 0 Å². The summed E-state index contributed by atoms with van der Waals surface area (Å²) in [6.07, 6.45) is -5.16. The van der Waals surface area contributed by atoms with E-state index in [0.29, 0.717) is 0 Å². The predicted molar refractivity (Wildman–Crippen MR) is 76.1 cm³/mol. The Morgan fingerprint density at radius 2 is 1.42 bits per heavy atom. The van der Waals surface area contributed by atoms with E-state index in [1.54, 1.807) is 12.1 Å². The number of ketones is 2. The van der Waals surface area contributed by atoms with Crippen LogP contribution in [0.2, 0.25) is 0 Å². The molecule has 5 nitrogen and oxygen atoms in total. The fourth-order valence-electron chi connectivity index (χ4n) is 2.43. The summed E-state index contributed by atoms with van der Waals surface area (Å²) in [5.74, 6) is -4.16. The van der Waals surface area contributed by atoms with Crippen molar-refractivity contribution >= 4 is 23.2 Å². The molecule has 0 aromatic heterocycles. The third-order valence-electron chi connectivity index (χ3n) is 3.55. The summed E-state index contributed by atoms with van der Waals surface area (Å²) in [5.41, 5.74) is -0.679. The lowest BCUT2D eigenvalue weighted by Crippen LogP contribution is -2.30. The number of carbonyl (C=O) groups is 3. The van der Waals surface area contributed by atoms with Crippen LogP contribution in [-0.4, -0.2) is 28.8 Å². The number of nitrogens with one attached hydrogen (secondary N) is 1. The number of alkyl halides is 3. The van der Waals surface area contributed by atoms with Gasteiger partial charge in [-0.15, -0.1) is 0 Å². The van der Waals surface area contributed by atoms with Gasteiger partial charge >= 0.3 is 12.1 Å². The van der Waals surface area contributed by atoms with Gasteiger partial charge in [0.1, 0.15) is 5.75 Å². The maximum Gasteiger partial charge on any atom is 0.471 e. The SMILES string of the molecule is O=C1c2ccccc2C(=O)c2cc(NC(=O)C(F)(F)F)c(O)cc21. The highest BCUT2D eigenvalue weighted by Crippen LogP contribution is 2.35. The molecule has 2 aromatic rings. The minimum Gasteiger partial charge on any atom is -0.506 e. The van der Waals surface area contributed by atoms with Crippen molar-refractivity contribution in [2.75, 3.05) is 5.32 Å². The van der Waals surface area contributed by atoms with Crippen molar-refractivity contribution in [3.8, 4) is 5.75 Å². The molecule has 0 bridgehead atoms. The molecule has 0 aliphatic heterocycles. The van der Waals surface area contributed by atoms with E-state index in [9.17, 15) is 32.7 Å². The highest BCUT2D eigenvalue weighted by molar-refractivity contribution is 6.29. The molecule has 0 fully saturated rings. The van der Waals surface area contributed by atoms with Crippen molar-refractivity contribution in [2.45, 2.75) is 6.18 Å². The predicted octanol–water partition coefficient (Wildman–Crippen LogP) is 2.67. The maximum atomic E-state index is 12.4. The second-order valence-electron chi connectivity index (χ2n) is 5.07. The number of phenolic OH excluding ortho intramolecular Hbond substituents is 1. The first-order chi connectivity index (χ1) is 11.2. The molecule has 0 spiro atoms. The lowest BCUT2D eigenvalue weighted by Gasteiger charge is -2.19. The van der Waals surface area contributed by atoms with Crippen LogP contribution in [0, 0.1) is 0 Å².